The average molecular weight is 429 g/mol. The van der Waals surface area contributed by atoms with Gasteiger partial charge >= 0.3 is 5.97 Å². The second-order valence-corrected chi connectivity index (χ2v) is 7.68. The second kappa shape index (κ2) is 9.58. The van der Waals surface area contributed by atoms with Gasteiger partial charge in [0.25, 0.3) is 5.91 Å². The molecule has 0 aliphatic carbocycles. The number of ether oxygens (including phenoxy) is 2. The van der Waals surface area contributed by atoms with Crippen LogP contribution in [0.2, 0.25) is 0 Å². The zero-order chi connectivity index (χ0) is 20.8. The fraction of sp³-hybridized carbons (Fsp3) is 0.190. The molecule has 2 aromatic carbocycles. The molecule has 6 nitrogen and oxygen atoms in total. The number of methoxy groups -OCH3 is 1. The molecular weight excluding hydrogens is 408 g/mol. The molecule has 29 heavy (non-hydrogen) atoms. The van der Waals surface area contributed by atoms with Crippen LogP contribution in [0.15, 0.2) is 53.4 Å². The molecule has 0 aliphatic heterocycles. The number of benzene rings is 2. The Hall–Kier alpha value is -2.84. The van der Waals surface area contributed by atoms with Crippen LogP contribution in [0.3, 0.4) is 0 Å². The van der Waals surface area contributed by atoms with Crippen LogP contribution in [0.5, 0.6) is 5.75 Å². The number of carbonyl (C=O) groups excluding carboxylic acids is 2. The van der Waals surface area contributed by atoms with Gasteiger partial charge in [-0.1, -0.05) is 41.7 Å². The van der Waals surface area contributed by atoms with Crippen LogP contribution in [0.4, 0.5) is 5.13 Å². The van der Waals surface area contributed by atoms with E-state index in [2.05, 4.69) is 10.3 Å². The minimum Gasteiger partial charge on any atom is -0.496 e. The lowest BCUT2D eigenvalue weighted by Crippen LogP contribution is -2.13. The van der Waals surface area contributed by atoms with Crippen molar-refractivity contribution >= 4 is 40.1 Å². The molecule has 0 saturated carbocycles. The number of aromatic nitrogens is 1. The zero-order valence-electron chi connectivity index (χ0n) is 16.2. The predicted octanol–water partition coefficient (Wildman–Crippen LogP) is 4.97. The quantitative estimate of drug-likeness (QED) is 0.423. The Morgan fingerprint density at radius 3 is 2.59 bits per heavy atom. The van der Waals surface area contributed by atoms with Crippen LogP contribution in [-0.4, -0.2) is 36.8 Å². The Morgan fingerprint density at radius 1 is 1.17 bits per heavy atom. The highest BCUT2D eigenvalue weighted by molar-refractivity contribution is 7.98. The number of nitrogens with zero attached hydrogens (tertiary/aromatic N) is 1. The van der Waals surface area contributed by atoms with Crippen molar-refractivity contribution in [3.8, 4) is 17.0 Å². The first-order valence-corrected chi connectivity index (χ1v) is 10.9. The Morgan fingerprint density at radius 2 is 1.93 bits per heavy atom. The summed E-state index contributed by atoms with van der Waals surface area (Å²) >= 11 is 2.64. The van der Waals surface area contributed by atoms with E-state index in [0.29, 0.717) is 27.0 Å². The summed E-state index contributed by atoms with van der Waals surface area (Å²) in [7, 11) is 1.52. The summed E-state index contributed by atoms with van der Waals surface area (Å²) in [6.45, 7) is 2.00. The largest absolute Gasteiger partial charge is 0.496 e. The van der Waals surface area contributed by atoms with Crippen LogP contribution in [0.25, 0.3) is 11.3 Å². The number of carbonyl (C=O) groups is 2. The Balaban J connectivity index is 1.93. The first-order valence-electron chi connectivity index (χ1n) is 8.84. The van der Waals surface area contributed by atoms with E-state index in [1.807, 2.05) is 42.7 Å². The Labute approximate surface area is 177 Å². The molecule has 3 aromatic rings. The molecule has 150 valence electrons. The van der Waals surface area contributed by atoms with E-state index in [9.17, 15) is 9.59 Å². The molecule has 1 aromatic heterocycles. The maximum atomic E-state index is 12.8. The number of hydrogen-bond donors (Lipinski definition) is 1. The van der Waals surface area contributed by atoms with Gasteiger partial charge in [-0.15, -0.1) is 11.8 Å². The zero-order valence-corrected chi connectivity index (χ0v) is 17.9. The van der Waals surface area contributed by atoms with Gasteiger partial charge in [0.15, 0.2) is 5.13 Å². The number of thiazole rings is 1. The minimum absolute atomic E-state index is 0.256. The van der Waals surface area contributed by atoms with Crippen LogP contribution in [-0.2, 0) is 4.74 Å². The second-order valence-electron chi connectivity index (χ2n) is 5.80. The van der Waals surface area contributed by atoms with Crippen molar-refractivity contribution in [3.63, 3.8) is 0 Å². The lowest BCUT2D eigenvalue weighted by atomic mass is 10.1. The predicted molar refractivity (Wildman–Crippen MR) is 116 cm³/mol. The van der Waals surface area contributed by atoms with Crippen LogP contribution in [0, 0.1) is 0 Å². The molecule has 0 aliphatic rings. The maximum Gasteiger partial charge on any atom is 0.350 e. The summed E-state index contributed by atoms with van der Waals surface area (Å²) in [4.78, 5) is 31.0. The van der Waals surface area contributed by atoms with Gasteiger partial charge in [0.05, 0.1) is 25.0 Å². The summed E-state index contributed by atoms with van der Waals surface area (Å²) in [5.41, 5.74) is 1.64. The van der Waals surface area contributed by atoms with Gasteiger partial charge in [-0.3, -0.25) is 10.1 Å². The van der Waals surface area contributed by atoms with E-state index in [1.54, 1.807) is 30.8 Å². The summed E-state index contributed by atoms with van der Waals surface area (Å²) in [6, 6.07) is 14.7. The molecule has 0 fully saturated rings. The lowest BCUT2D eigenvalue weighted by molar-refractivity contribution is 0.0532. The third-order valence-electron chi connectivity index (χ3n) is 4.01. The van der Waals surface area contributed by atoms with Crippen molar-refractivity contribution in [1.82, 2.24) is 4.98 Å². The standard InChI is InChI=1S/C21H20N2O4S2/c1-4-27-20(25)18-17(13-8-6-5-7-9-13)22-21(29-18)23-19(24)15-11-10-14(28-3)12-16(15)26-2/h5-12H,4H2,1-3H3,(H,22,23,24). The van der Waals surface area contributed by atoms with E-state index < -0.39 is 5.97 Å². The fourth-order valence-electron chi connectivity index (χ4n) is 2.65. The van der Waals surface area contributed by atoms with Crippen molar-refractivity contribution in [3.05, 3.63) is 59.0 Å². The number of hydrogen-bond acceptors (Lipinski definition) is 7. The van der Waals surface area contributed by atoms with E-state index in [4.69, 9.17) is 9.47 Å². The van der Waals surface area contributed by atoms with Crippen LogP contribution >= 0.6 is 23.1 Å². The Bertz CT molecular complexity index is 1020. The van der Waals surface area contributed by atoms with E-state index in [0.717, 1.165) is 21.8 Å². The maximum absolute atomic E-state index is 12.8. The van der Waals surface area contributed by atoms with Crippen LogP contribution in [0.1, 0.15) is 27.0 Å². The number of rotatable bonds is 7. The smallest absolute Gasteiger partial charge is 0.350 e. The highest BCUT2D eigenvalue weighted by Crippen LogP contribution is 2.33. The summed E-state index contributed by atoms with van der Waals surface area (Å²) in [5.74, 6) is -0.357. The molecule has 0 spiro atoms. The minimum atomic E-state index is -0.466. The molecule has 0 saturated heterocycles. The van der Waals surface area contributed by atoms with Crippen molar-refractivity contribution in [2.75, 3.05) is 25.3 Å². The van der Waals surface area contributed by atoms with Gasteiger partial charge in [-0.2, -0.15) is 0 Å². The fourth-order valence-corrected chi connectivity index (χ4v) is 3.96. The summed E-state index contributed by atoms with van der Waals surface area (Å²) in [6.07, 6.45) is 1.95. The van der Waals surface area contributed by atoms with Crippen molar-refractivity contribution in [2.45, 2.75) is 11.8 Å². The lowest BCUT2D eigenvalue weighted by Gasteiger charge is -2.09. The van der Waals surface area contributed by atoms with E-state index in [1.165, 1.54) is 7.11 Å². The topological polar surface area (TPSA) is 77.5 Å². The molecule has 0 unspecified atom stereocenters. The van der Waals surface area contributed by atoms with Gasteiger partial charge in [-0.25, -0.2) is 9.78 Å². The summed E-state index contributed by atoms with van der Waals surface area (Å²) in [5, 5.41) is 3.08. The third kappa shape index (κ3) is 4.78. The third-order valence-corrected chi connectivity index (χ3v) is 5.69. The molecule has 3 rings (SSSR count). The molecule has 1 amide bonds. The Kier molecular flexibility index (Phi) is 6.90. The molecule has 0 radical (unpaired) electrons. The number of anilines is 1. The van der Waals surface area contributed by atoms with Crippen molar-refractivity contribution < 1.29 is 19.1 Å². The van der Waals surface area contributed by atoms with Gasteiger partial charge in [0, 0.05) is 10.5 Å². The van der Waals surface area contributed by atoms with Crippen molar-refractivity contribution in [1.29, 1.82) is 0 Å². The first-order chi connectivity index (χ1) is 14.1. The molecule has 0 bridgehead atoms. The van der Waals surface area contributed by atoms with Gasteiger partial charge in [-0.05, 0) is 31.4 Å². The monoisotopic (exact) mass is 428 g/mol. The summed E-state index contributed by atoms with van der Waals surface area (Å²) < 4.78 is 10.5. The SMILES string of the molecule is CCOC(=O)c1sc(NC(=O)c2ccc(SC)cc2OC)nc1-c1ccccc1. The molecule has 8 heteroatoms. The first kappa shape index (κ1) is 20.9. The molecule has 1 N–H and O–H groups in total. The molecule has 1 heterocycles. The number of thioether (sulfide) groups is 1. The van der Waals surface area contributed by atoms with Gasteiger partial charge in [0.2, 0.25) is 0 Å². The number of amides is 1. The van der Waals surface area contributed by atoms with E-state index >= 15 is 0 Å². The van der Waals surface area contributed by atoms with Gasteiger partial charge in [0.1, 0.15) is 10.6 Å². The highest BCUT2D eigenvalue weighted by atomic mass is 32.2. The number of nitrogens with one attached hydrogen (secondary N) is 1. The normalized spacial score (nSPS) is 10.4. The van der Waals surface area contributed by atoms with Crippen LogP contribution < -0.4 is 10.1 Å². The molecular formula is C21H20N2O4S2. The van der Waals surface area contributed by atoms with Gasteiger partial charge < -0.3 is 9.47 Å². The average Bonchev–Trinajstić information content (AvgIpc) is 3.17. The number of esters is 1. The van der Waals surface area contributed by atoms with Crippen molar-refractivity contribution in [2.24, 2.45) is 0 Å². The van der Waals surface area contributed by atoms with E-state index in [-0.39, 0.29) is 12.5 Å². The highest BCUT2D eigenvalue weighted by Gasteiger charge is 2.22. The molecule has 0 atom stereocenters.